The lowest BCUT2D eigenvalue weighted by Gasteiger charge is -2.35. The minimum Gasteiger partial charge on any atom is -0.347 e. The fourth-order valence-corrected chi connectivity index (χ4v) is 5.80. The summed E-state index contributed by atoms with van der Waals surface area (Å²) in [6, 6.07) is 19.8. The predicted octanol–water partition coefficient (Wildman–Crippen LogP) is 5.87. The molecule has 4 N–H and O–H groups in total. The lowest BCUT2D eigenvalue weighted by Crippen LogP contribution is -2.50. The maximum atomic E-state index is 13.7. The molecule has 1 aliphatic rings. The second-order valence-corrected chi connectivity index (χ2v) is 11.7. The van der Waals surface area contributed by atoms with Crippen LogP contribution in [0.2, 0.25) is 0 Å². The molecule has 0 spiro atoms. The Balaban J connectivity index is 1.50. The van der Waals surface area contributed by atoms with E-state index in [-0.39, 0.29) is 29.6 Å². The molecule has 3 aromatic rings. The molecule has 1 unspecified atom stereocenters. The highest BCUT2D eigenvalue weighted by Crippen LogP contribution is 2.23. The lowest BCUT2D eigenvalue weighted by atomic mass is 9.91. The van der Waals surface area contributed by atoms with E-state index < -0.39 is 18.0 Å². The molecule has 7 nitrogen and oxygen atoms in total. The number of anilines is 1. The summed E-state index contributed by atoms with van der Waals surface area (Å²) in [6.07, 6.45) is 4.81. The van der Waals surface area contributed by atoms with Crippen LogP contribution in [0.3, 0.4) is 0 Å². The monoisotopic (exact) mass is 586 g/mol. The smallest absolute Gasteiger partial charge is 0.254 e. The van der Waals surface area contributed by atoms with Gasteiger partial charge in [0.05, 0.1) is 0 Å². The van der Waals surface area contributed by atoms with Crippen LogP contribution in [0, 0.1) is 18.7 Å². The second kappa shape index (κ2) is 14.9. The van der Waals surface area contributed by atoms with E-state index in [1.807, 2.05) is 48.2 Å². The standard InChI is InChI=1S/C35H43FN4O3/c1-4-30-12-8-9-17-40(30)35(43)27-19-23(2)18-26(22-27)34(42)39-32(21-25-10-6-5-7-11-25)31(37)20-24(3)33(41)38-29-15-13-28(36)14-16-29/h5-7,10-11,13-16,18-19,22,24,30-32H,4,8-9,12,17,20-21,37H2,1-3H3,(H,38,41)(H,39,42)/t24-,30?,31+,32+/m1/s1. The summed E-state index contributed by atoms with van der Waals surface area (Å²) in [5.41, 5.74) is 9.93. The summed E-state index contributed by atoms with van der Waals surface area (Å²) in [5.74, 6) is -1.44. The maximum absolute atomic E-state index is 13.7. The first-order chi connectivity index (χ1) is 20.6. The highest BCUT2D eigenvalue weighted by molar-refractivity contribution is 6.00. The number of carbonyl (C=O) groups is 3. The Morgan fingerprint density at radius 1 is 1.00 bits per heavy atom. The van der Waals surface area contributed by atoms with Crippen LogP contribution in [0.1, 0.15) is 77.8 Å². The molecule has 1 aliphatic heterocycles. The van der Waals surface area contributed by atoms with Crippen molar-refractivity contribution in [3.63, 3.8) is 0 Å². The van der Waals surface area contributed by atoms with E-state index >= 15 is 0 Å². The predicted molar refractivity (Wildman–Crippen MR) is 168 cm³/mol. The fraction of sp³-hybridized carbons (Fsp3) is 0.400. The molecular formula is C35H43FN4O3. The van der Waals surface area contributed by atoms with Crippen LogP contribution in [0.25, 0.3) is 0 Å². The van der Waals surface area contributed by atoms with Crippen LogP contribution in [0.15, 0.2) is 72.8 Å². The number of amides is 3. The minimum absolute atomic E-state index is 0.0390. The van der Waals surface area contributed by atoms with Gasteiger partial charge in [0.2, 0.25) is 5.91 Å². The Hall–Kier alpha value is -4.04. The third-order valence-electron chi connectivity index (χ3n) is 8.26. The van der Waals surface area contributed by atoms with Crippen molar-refractivity contribution >= 4 is 23.4 Å². The van der Waals surface area contributed by atoms with Crippen LogP contribution in [-0.4, -0.2) is 47.3 Å². The number of nitrogens with one attached hydrogen (secondary N) is 2. The number of piperidine rings is 1. The van der Waals surface area contributed by atoms with E-state index in [1.165, 1.54) is 24.3 Å². The van der Waals surface area contributed by atoms with E-state index in [2.05, 4.69) is 17.6 Å². The molecule has 0 saturated carbocycles. The average Bonchev–Trinajstić information content (AvgIpc) is 3.01. The number of nitrogens with two attached hydrogens (primary N) is 1. The summed E-state index contributed by atoms with van der Waals surface area (Å²) >= 11 is 0. The fourth-order valence-electron chi connectivity index (χ4n) is 5.80. The van der Waals surface area contributed by atoms with Crippen LogP contribution in [-0.2, 0) is 11.2 Å². The summed E-state index contributed by atoms with van der Waals surface area (Å²) < 4.78 is 13.3. The van der Waals surface area contributed by atoms with E-state index in [9.17, 15) is 18.8 Å². The molecule has 43 heavy (non-hydrogen) atoms. The van der Waals surface area contributed by atoms with Crippen LogP contribution >= 0.6 is 0 Å². The van der Waals surface area contributed by atoms with Gasteiger partial charge in [0.1, 0.15) is 5.82 Å². The Labute approximate surface area is 254 Å². The summed E-state index contributed by atoms with van der Waals surface area (Å²) in [5, 5.41) is 5.91. The average molecular weight is 587 g/mol. The SMILES string of the molecule is CCC1CCCCN1C(=O)c1cc(C)cc(C(=O)N[C@@H](Cc2ccccc2)[C@@H](N)C[C@@H](C)C(=O)Nc2ccc(F)cc2)c1. The van der Waals surface area contributed by atoms with Gasteiger partial charge in [-0.15, -0.1) is 0 Å². The van der Waals surface area contributed by atoms with Crippen LogP contribution < -0.4 is 16.4 Å². The molecule has 3 aromatic carbocycles. The highest BCUT2D eigenvalue weighted by Gasteiger charge is 2.28. The Bertz CT molecular complexity index is 1400. The van der Waals surface area contributed by atoms with E-state index in [4.69, 9.17) is 5.73 Å². The Morgan fingerprint density at radius 3 is 2.40 bits per heavy atom. The number of hydrogen-bond donors (Lipinski definition) is 3. The van der Waals surface area contributed by atoms with Crippen LogP contribution in [0.4, 0.5) is 10.1 Å². The molecule has 0 aromatic heterocycles. The first-order valence-corrected chi connectivity index (χ1v) is 15.2. The van der Waals surface area contributed by atoms with Gasteiger partial charge in [-0.1, -0.05) is 44.2 Å². The quantitative estimate of drug-likeness (QED) is 0.261. The molecule has 0 radical (unpaired) electrons. The van der Waals surface area contributed by atoms with E-state index in [0.29, 0.717) is 29.7 Å². The number of aryl methyl sites for hydroxylation is 1. The van der Waals surface area contributed by atoms with Crippen molar-refractivity contribution in [3.8, 4) is 0 Å². The summed E-state index contributed by atoms with van der Waals surface area (Å²) in [4.78, 5) is 42.0. The van der Waals surface area contributed by atoms with Crippen molar-refractivity contribution in [3.05, 3.63) is 101 Å². The van der Waals surface area contributed by atoms with Crippen molar-refractivity contribution in [1.29, 1.82) is 0 Å². The Morgan fingerprint density at radius 2 is 1.70 bits per heavy atom. The number of halogens is 1. The van der Waals surface area contributed by atoms with Gasteiger partial charge in [-0.05, 0) is 99.0 Å². The van der Waals surface area contributed by atoms with Gasteiger partial charge in [0.25, 0.3) is 11.8 Å². The van der Waals surface area contributed by atoms with Crippen molar-refractivity contribution in [2.24, 2.45) is 11.7 Å². The van der Waals surface area contributed by atoms with Crippen molar-refractivity contribution < 1.29 is 18.8 Å². The van der Waals surface area contributed by atoms with Gasteiger partial charge in [-0.2, -0.15) is 0 Å². The molecule has 8 heteroatoms. The molecule has 4 atom stereocenters. The summed E-state index contributed by atoms with van der Waals surface area (Å²) in [6.45, 7) is 6.50. The van der Waals surface area contributed by atoms with Crippen molar-refractivity contribution in [2.75, 3.05) is 11.9 Å². The zero-order valence-corrected chi connectivity index (χ0v) is 25.3. The second-order valence-electron chi connectivity index (χ2n) is 11.7. The molecule has 1 fully saturated rings. The van der Waals surface area contributed by atoms with Gasteiger partial charge >= 0.3 is 0 Å². The molecule has 1 heterocycles. The zero-order valence-electron chi connectivity index (χ0n) is 25.3. The number of benzene rings is 3. The van der Waals surface area contributed by atoms with Crippen LogP contribution in [0.5, 0.6) is 0 Å². The highest BCUT2D eigenvalue weighted by atomic mass is 19.1. The normalized spacial score (nSPS) is 17.0. The topological polar surface area (TPSA) is 105 Å². The van der Waals surface area contributed by atoms with E-state index in [1.54, 1.807) is 19.1 Å². The van der Waals surface area contributed by atoms with Gasteiger partial charge in [0.15, 0.2) is 0 Å². The molecule has 228 valence electrons. The van der Waals surface area contributed by atoms with Gasteiger partial charge in [-0.3, -0.25) is 14.4 Å². The molecule has 3 amide bonds. The Kier molecular flexibility index (Phi) is 11.1. The van der Waals surface area contributed by atoms with Crippen molar-refractivity contribution in [1.82, 2.24) is 10.2 Å². The number of rotatable bonds is 11. The number of carbonyl (C=O) groups excluding carboxylic acids is 3. The zero-order chi connectivity index (χ0) is 30.9. The summed E-state index contributed by atoms with van der Waals surface area (Å²) in [7, 11) is 0. The molecule has 1 saturated heterocycles. The molecule has 4 rings (SSSR count). The van der Waals surface area contributed by atoms with Crippen molar-refractivity contribution in [2.45, 2.75) is 77.4 Å². The van der Waals surface area contributed by atoms with E-state index in [0.717, 1.165) is 43.4 Å². The number of likely N-dealkylation sites (tertiary alicyclic amines) is 1. The third-order valence-corrected chi connectivity index (χ3v) is 8.26. The molecular weight excluding hydrogens is 543 g/mol. The van der Waals surface area contributed by atoms with Gasteiger partial charge in [0, 0.05) is 47.4 Å². The van der Waals surface area contributed by atoms with Gasteiger partial charge in [-0.25, -0.2) is 4.39 Å². The maximum Gasteiger partial charge on any atom is 0.254 e. The first-order valence-electron chi connectivity index (χ1n) is 15.2. The molecule has 0 bridgehead atoms. The lowest BCUT2D eigenvalue weighted by molar-refractivity contribution is -0.119. The largest absolute Gasteiger partial charge is 0.347 e. The number of nitrogens with zero attached hydrogens (tertiary/aromatic N) is 1. The minimum atomic E-state index is -0.539. The molecule has 0 aliphatic carbocycles. The third kappa shape index (κ3) is 8.74. The number of hydrogen-bond acceptors (Lipinski definition) is 4. The van der Waals surface area contributed by atoms with Gasteiger partial charge < -0.3 is 21.3 Å². The first kappa shape index (κ1) is 31.9.